The fraction of sp³-hybridized carbons (Fsp3) is 0.417. The van der Waals surface area contributed by atoms with Crippen LogP contribution in [0.15, 0.2) is 24.3 Å². The maximum atomic E-state index is 10.6. The minimum atomic E-state index is -0.375. The summed E-state index contributed by atoms with van der Waals surface area (Å²) in [6.45, 7) is 5.05. The van der Waals surface area contributed by atoms with Crippen molar-refractivity contribution in [1.82, 2.24) is 0 Å². The number of carbonyl (C=O) groups is 1. The van der Waals surface area contributed by atoms with Gasteiger partial charge in [-0.05, 0) is 30.2 Å². The van der Waals surface area contributed by atoms with Crippen molar-refractivity contribution in [1.29, 1.82) is 0 Å². The van der Waals surface area contributed by atoms with Gasteiger partial charge in [0.2, 0.25) is 5.91 Å². The van der Waals surface area contributed by atoms with Crippen LogP contribution in [0.1, 0.15) is 13.8 Å². The summed E-state index contributed by atoms with van der Waals surface area (Å²) < 4.78 is 5.53. The summed E-state index contributed by atoms with van der Waals surface area (Å²) in [5.41, 5.74) is 5.88. The van der Waals surface area contributed by atoms with Gasteiger partial charge in [-0.3, -0.25) is 4.79 Å². The molecule has 1 aromatic rings. The summed E-state index contributed by atoms with van der Waals surface area (Å²) in [6, 6.07) is 7.45. The fourth-order valence-electron chi connectivity index (χ4n) is 1.12. The predicted molar refractivity (Wildman–Crippen MR) is 64.5 cm³/mol. The van der Waals surface area contributed by atoms with Crippen LogP contribution >= 0.6 is 0 Å². The Morgan fingerprint density at radius 1 is 1.38 bits per heavy atom. The molecule has 0 unspecified atom stereocenters. The van der Waals surface area contributed by atoms with Crippen LogP contribution in [0.5, 0.6) is 5.75 Å². The second-order valence-electron chi connectivity index (χ2n) is 4.05. The highest BCUT2D eigenvalue weighted by atomic mass is 16.5. The van der Waals surface area contributed by atoms with Crippen molar-refractivity contribution in [3.63, 3.8) is 0 Å². The topological polar surface area (TPSA) is 64.3 Å². The standard InChI is InChI=1S/C12H18N2O2/c1-9(2)8-16-11-5-3-10(4-6-11)14-7-12(13)15/h3-6,9,14H,7-8H2,1-2H3,(H2,13,15). The molecule has 0 fully saturated rings. The molecule has 0 aliphatic carbocycles. The molecule has 4 nitrogen and oxygen atoms in total. The molecule has 0 aliphatic rings. The van der Waals surface area contributed by atoms with Crippen molar-refractivity contribution in [2.24, 2.45) is 11.7 Å². The number of ether oxygens (including phenoxy) is 1. The Morgan fingerprint density at radius 2 is 2.00 bits per heavy atom. The first-order valence-electron chi connectivity index (χ1n) is 5.33. The summed E-state index contributed by atoms with van der Waals surface area (Å²) in [4.78, 5) is 10.6. The molecule has 88 valence electrons. The minimum absolute atomic E-state index is 0.145. The van der Waals surface area contributed by atoms with Crippen molar-refractivity contribution >= 4 is 11.6 Å². The van der Waals surface area contributed by atoms with Crippen molar-refractivity contribution in [2.45, 2.75) is 13.8 Å². The molecule has 1 amide bonds. The van der Waals surface area contributed by atoms with E-state index in [-0.39, 0.29) is 12.5 Å². The number of rotatable bonds is 6. The van der Waals surface area contributed by atoms with Gasteiger partial charge in [-0.25, -0.2) is 0 Å². The second-order valence-corrected chi connectivity index (χ2v) is 4.05. The molecule has 0 atom stereocenters. The summed E-state index contributed by atoms with van der Waals surface area (Å²) in [6.07, 6.45) is 0. The van der Waals surface area contributed by atoms with Crippen LogP contribution in [0.25, 0.3) is 0 Å². The highest BCUT2D eigenvalue weighted by molar-refractivity contribution is 5.78. The number of hydrogen-bond acceptors (Lipinski definition) is 3. The van der Waals surface area contributed by atoms with Crippen molar-refractivity contribution in [3.05, 3.63) is 24.3 Å². The normalized spacial score (nSPS) is 10.2. The Labute approximate surface area is 95.8 Å². The zero-order chi connectivity index (χ0) is 12.0. The third kappa shape index (κ3) is 4.68. The van der Waals surface area contributed by atoms with Gasteiger partial charge in [-0.15, -0.1) is 0 Å². The van der Waals surface area contributed by atoms with Gasteiger partial charge < -0.3 is 15.8 Å². The lowest BCUT2D eigenvalue weighted by atomic mass is 10.2. The lowest BCUT2D eigenvalue weighted by molar-refractivity contribution is -0.116. The molecule has 0 spiro atoms. The van der Waals surface area contributed by atoms with E-state index in [0.717, 1.165) is 11.4 Å². The van der Waals surface area contributed by atoms with Crippen LogP contribution in [0.4, 0.5) is 5.69 Å². The van der Waals surface area contributed by atoms with Crippen LogP contribution < -0.4 is 15.8 Å². The van der Waals surface area contributed by atoms with E-state index in [1.165, 1.54) is 0 Å². The molecule has 16 heavy (non-hydrogen) atoms. The first kappa shape index (κ1) is 12.4. The molecule has 0 aromatic heterocycles. The number of nitrogens with two attached hydrogens (primary N) is 1. The molecule has 0 saturated heterocycles. The summed E-state index contributed by atoms with van der Waals surface area (Å²) in [5, 5.41) is 2.91. The van der Waals surface area contributed by atoms with Crippen LogP contribution in [-0.4, -0.2) is 19.1 Å². The van der Waals surface area contributed by atoms with Gasteiger partial charge in [0.1, 0.15) is 5.75 Å². The molecule has 1 rings (SSSR count). The number of primary amides is 1. The Balaban J connectivity index is 2.44. The first-order valence-corrected chi connectivity index (χ1v) is 5.33. The maximum Gasteiger partial charge on any atom is 0.236 e. The van der Waals surface area contributed by atoms with Gasteiger partial charge in [0.25, 0.3) is 0 Å². The number of anilines is 1. The van der Waals surface area contributed by atoms with E-state index in [0.29, 0.717) is 12.5 Å². The van der Waals surface area contributed by atoms with E-state index in [1.807, 2.05) is 24.3 Å². The molecular formula is C12H18N2O2. The number of carbonyl (C=O) groups excluding carboxylic acids is 1. The van der Waals surface area contributed by atoms with E-state index in [4.69, 9.17) is 10.5 Å². The molecule has 0 heterocycles. The molecule has 0 aliphatic heterocycles. The van der Waals surface area contributed by atoms with E-state index in [2.05, 4.69) is 19.2 Å². The van der Waals surface area contributed by atoms with Crippen molar-refractivity contribution in [2.75, 3.05) is 18.5 Å². The van der Waals surface area contributed by atoms with Gasteiger partial charge in [0.05, 0.1) is 13.2 Å². The smallest absolute Gasteiger partial charge is 0.236 e. The highest BCUT2D eigenvalue weighted by Gasteiger charge is 1.98. The average Bonchev–Trinajstić information content (AvgIpc) is 2.25. The van der Waals surface area contributed by atoms with Crippen LogP contribution in [0.2, 0.25) is 0 Å². The number of nitrogens with one attached hydrogen (secondary N) is 1. The average molecular weight is 222 g/mol. The highest BCUT2D eigenvalue weighted by Crippen LogP contribution is 2.16. The van der Waals surface area contributed by atoms with Gasteiger partial charge in [0.15, 0.2) is 0 Å². The summed E-state index contributed by atoms with van der Waals surface area (Å²) >= 11 is 0. The molecule has 1 aromatic carbocycles. The molecular weight excluding hydrogens is 204 g/mol. The van der Waals surface area contributed by atoms with E-state index in [9.17, 15) is 4.79 Å². The zero-order valence-electron chi connectivity index (χ0n) is 9.69. The molecule has 0 radical (unpaired) electrons. The second kappa shape index (κ2) is 6.00. The maximum absolute atomic E-state index is 10.6. The van der Waals surface area contributed by atoms with E-state index < -0.39 is 0 Å². The number of benzene rings is 1. The number of amides is 1. The Morgan fingerprint density at radius 3 is 2.50 bits per heavy atom. The third-order valence-corrected chi connectivity index (χ3v) is 1.90. The van der Waals surface area contributed by atoms with Gasteiger partial charge >= 0.3 is 0 Å². The van der Waals surface area contributed by atoms with Crippen LogP contribution in [0.3, 0.4) is 0 Å². The van der Waals surface area contributed by atoms with Gasteiger partial charge in [-0.1, -0.05) is 13.8 Å². The third-order valence-electron chi connectivity index (χ3n) is 1.90. The quantitative estimate of drug-likeness (QED) is 0.768. The fourth-order valence-corrected chi connectivity index (χ4v) is 1.12. The van der Waals surface area contributed by atoms with Crippen molar-refractivity contribution < 1.29 is 9.53 Å². The van der Waals surface area contributed by atoms with Gasteiger partial charge in [0, 0.05) is 5.69 Å². The largest absolute Gasteiger partial charge is 0.493 e. The lowest BCUT2D eigenvalue weighted by Gasteiger charge is -2.09. The minimum Gasteiger partial charge on any atom is -0.493 e. The molecule has 3 N–H and O–H groups in total. The molecule has 4 heteroatoms. The lowest BCUT2D eigenvalue weighted by Crippen LogP contribution is -2.21. The molecule has 0 bridgehead atoms. The van der Waals surface area contributed by atoms with Crippen LogP contribution in [0, 0.1) is 5.92 Å². The number of hydrogen-bond donors (Lipinski definition) is 2. The Kier molecular flexibility index (Phi) is 4.64. The Bertz CT molecular complexity index is 333. The Hall–Kier alpha value is -1.71. The van der Waals surface area contributed by atoms with Crippen LogP contribution in [-0.2, 0) is 4.79 Å². The first-order chi connectivity index (χ1) is 7.58. The zero-order valence-corrected chi connectivity index (χ0v) is 9.69. The monoisotopic (exact) mass is 222 g/mol. The van der Waals surface area contributed by atoms with Gasteiger partial charge in [-0.2, -0.15) is 0 Å². The molecule has 0 saturated carbocycles. The van der Waals surface area contributed by atoms with E-state index >= 15 is 0 Å². The summed E-state index contributed by atoms with van der Waals surface area (Å²) in [7, 11) is 0. The predicted octanol–water partition coefficient (Wildman–Crippen LogP) is 1.62. The summed E-state index contributed by atoms with van der Waals surface area (Å²) in [5.74, 6) is 0.964. The van der Waals surface area contributed by atoms with E-state index in [1.54, 1.807) is 0 Å². The SMILES string of the molecule is CC(C)COc1ccc(NCC(N)=O)cc1. The van der Waals surface area contributed by atoms with Crippen molar-refractivity contribution in [3.8, 4) is 5.75 Å².